The summed E-state index contributed by atoms with van der Waals surface area (Å²) < 4.78 is 14.3. The number of nitrogens with one attached hydrogen (secondary N) is 1. The highest BCUT2D eigenvalue weighted by Crippen LogP contribution is 2.30. The molecule has 2 aromatic rings. The first-order valence-electron chi connectivity index (χ1n) is 7.63. The van der Waals surface area contributed by atoms with Gasteiger partial charge in [-0.1, -0.05) is 24.3 Å². The normalized spacial score (nSPS) is 14.2. The van der Waals surface area contributed by atoms with E-state index in [2.05, 4.69) is 29.3 Å². The molecule has 0 spiro atoms. The smallest absolute Gasteiger partial charge is 0.129 e. The van der Waals surface area contributed by atoms with Gasteiger partial charge in [0.2, 0.25) is 0 Å². The maximum atomic E-state index is 14.3. The number of benzene rings is 2. The van der Waals surface area contributed by atoms with Gasteiger partial charge in [-0.25, -0.2) is 4.39 Å². The van der Waals surface area contributed by atoms with Crippen LogP contribution in [0.3, 0.4) is 0 Å². The lowest BCUT2D eigenvalue weighted by atomic mass is 10.1. The monoisotopic (exact) mass is 284 g/mol. The predicted octanol–water partition coefficient (Wildman–Crippen LogP) is 4.24. The molecule has 1 aliphatic carbocycles. The third kappa shape index (κ3) is 3.24. The minimum absolute atomic E-state index is 0.130. The van der Waals surface area contributed by atoms with Crippen molar-refractivity contribution in [3.63, 3.8) is 0 Å². The number of nitrogens with zero attached hydrogens (tertiary/aromatic N) is 1. The second-order valence-electron chi connectivity index (χ2n) is 5.47. The van der Waals surface area contributed by atoms with E-state index in [-0.39, 0.29) is 5.82 Å². The Labute approximate surface area is 125 Å². The molecule has 0 unspecified atom stereocenters. The van der Waals surface area contributed by atoms with Crippen molar-refractivity contribution in [1.82, 2.24) is 5.32 Å². The Balaban J connectivity index is 1.93. The summed E-state index contributed by atoms with van der Waals surface area (Å²) in [6.45, 7) is 3.50. The zero-order valence-electron chi connectivity index (χ0n) is 12.3. The molecular formula is C18H21FN2. The molecule has 1 aliphatic rings. The molecule has 2 aromatic carbocycles. The van der Waals surface area contributed by atoms with Gasteiger partial charge < -0.3 is 10.2 Å². The lowest BCUT2D eigenvalue weighted by Gasteiger charge is -2.26. The van der Waals surface area contributed by atoms with Crippen LogP contribution < -0.4 is 10.2 Å². The molecule has 21 heavy (non-hydrogen) atoms. The van der Waals surface area contributed by atoms with E-state index in [0.717, 1.165) is 23.5 Å². The molecule has 0 atom stereocenters. The number of hydrogen-bond donors (Lipinski definition) is 1. The summed E-state index contributed by atoms with van der Waals surface area (Å²) in [5.74, 6) is -0.130. The maximum Gasteiger partial charge on any atom is 0.129 e. The lowest BCUT2D eigenvalue weighted by molar-refractivity contribution is 0.586. The van der Waals surface area contributed by atoms with E-state index in [4.69, 9.17) is 0 Å². The predicted molar refractivity (Wildman–Crippen MR) is 85.4 cm³/mol. The van der Waals surface area contributed by atoms with Crippen LogP contribution in [0.5, 0.6) is 0 Å². The first-order chi connectivity index (χ1) is 10.3. The van der Waals surface area contributed by atoms with Gasteiger partial charge in [-0.15, -0.1) is 0 Å². The van der Waals surface area contributed by atoms with E-state index < -0.39 is 0 Å². The van der Waals surface area contributed by atoms with Crippen LogP contribution in [0.2, 0.25) is 0 Å². The molecule has 0 bridgehead atoms. The summed E-state index contributed by atoms with van der Waals surface area (Å²) in [6.07, 6.45) is 2.42. The Kier molecular flexibility index (Phi) is 4.20. The van der Waals surface area contributed by atoms with Crippen LogP contribution in [-0.2, 0) is 6.54 Å². The van der Waals surface area contributed by atoms with Crippen molar-refractivity contribution < 1.29 is 4.39 Å². The topological polar surface area (TPSA) is 15.3 Å². The zero-order valence-corrected chi connectivity index (χ0v) is 12.3. The molecule has 1 saturated carbocycles. The van der Waals surface area contributed by atoms with E-state index in [9.17, 15) is 4.39 Å². The lowest BCUT2D eigenvalue weighted by Crippen LogP contribution is -2.22. The summed E-state index contributed by atoms with van der Waals surface area (Å²) in [4.78, 5) is 2.16. The number of anilines is 2. The van der Waals surface area contributed by atoms with E-state index in [1.165, 1.54) is 12.8 Å². The fourth-order valence-corrected chi connectivity index (χ4v) is 2.61. The Hall–Kier alpha value is -1.87. The van der Waals surface area contributed by atoms with E-state index >= 15 is 0 Å². The molecule has 0 aromatic heterocycles. The number of rotatable bonds is 6. The summed E-state index contributed by atoms with van der Waals surface area (Å²) >= 11 is 0. The van der Waals surface area contributed by atoms with Crippen LogP contribution in [0.25, 0.3) is 0 Å². The Morgan fingerprint density at radius 2 is 1.86 bits per heavy atom. The number of halogens is 1. The first kappa shape index (κ1) is 14.1. The molecular weight excluding hydrogens is 263 g/mol. The standard InChI is InChI=1S/C18H21FN2/c1-2-21(15-7-4-3-5-8-15)18-10-6-9-17(19)16(18)13-20-14-11-12-14/h3-10,14,20H,2,11-13H2,1H3. The number of para-hydroxylation sites is 1. The molecule has 110 valence electrons. The summed E-state index contributed by atoms with van der Waals surface area (Å²) in [5, 5.41) is 3.42. The van der Waals surface area contributed by atoms with Gasteiger partial charge in [0.1, 0.15) is 5.82 Å². The summed E-state index contributed by atoms with van der Waals surface area (Å²) in [6, 6.07) is 16.1. The summed E-state index contributed by atoms with van der Waals surface area (Å²) in [7, 11) is 0. The molecule has 0 heterocycles. The zero-order chi connectivity index (χ0) is 14.7. The van der Waals surface area contributed by atoms with Crippen molar-refractivity contribution in [2.45, 2.75) is 32.4 Å². The van der Waals surface area contributed by atoms with Crippen LogP contribution >= 0.6 is 0 Å². The maximum absolute atomic E-state index is 14.3. The van der Waals surface area contributed by atoms with Crippen molar-refractivity contribution in [2.24, 2.45) is 0 Å². The highest BCUT2D eigenvalue weighted by molar-refractivity contribution is 5.66. The van der Waals surface area contributed by atoms with Crippen molar-refractivity contribution in [3.8, 4) is 0 Å². The van der Waals surface area contributed by atoms with Gasteiger partial charge in [0.15, 0.2) is 0 Å². The first-order valence-corrected chi connectivity index (χ1v) is 7.63. The molecule has 3 rings (SSSR count). The van der Waals surface area contributed by atoms with Crippen LogP contribution in [-0.4, -0.2) is 12.6 Å². The van der Waals surface area contributed by atoms with E-state index in [1.54, 1.807) is 12.1 Å². The molecule has 0 radical (unpaired) electrons. The van der Waals surface area contributed by atoms with Gasteiger partial charge in [-0.3, -0.25) is 0 Å². The van der Waals surface area contributed by atoms with Gasteiger partial charge in [-0.05, 0) is 44.0 Å². The second kappa shape index (κ2) is 6.27. The second-order valence-corrected chi connectivity index (χ2v) is 5.47. The highest BCUT2D eigenvalue weighted by Gasteiger charge is 2.22. The van der Waals surface area contributed by atoms with Gasteiger partial charge in [0.05, 0.1) is 0 Å². The molecule has 3 heteroatoms. The summed E-state index contributed by atoms with van der Waals surface area (Å²) in [5.41, 5.74) is 2.81. The minimum Gasteiger partial charge on any atom is -0.341 e. The van der Waals surface area contributed by atoms with Gasteiger partial charge in [0, 0.05) is 36.1 Å². The van der Waals surface area contributed by atoms with Crippen molar-refractivity contribution in [3.05, 3.63) is 59.9 Å². The van der Waals surface area contributed by atoms with Gasteiger partial charge >= 0.3 is 0 Å². The molecule has 0 saturated heterocycles. The Bertz CT molecular complexity index is 593. The van der Waals surface area contributed by atoms with E-state index in [0.29, 0.717) is 12.6 Å². The fourth-order valence-electron chi connectivity index (χ4n) is 2.61. The molecule has 0 amide bonds. The van der Waals surface area contributed by atoms with Gasteiger partial charge in [-0.2, -0.15) is 0 Å². The SMILES string of the molecule is CCN(c1ccccc1)c1cccc(F)c1CNC1CC1. The third-order valence-corrected chi connectivity index (χ3v) is 3.91. The highest BCUT2D eigenvalue weighted by atomic mass is 19.1. The van der Waals surface area contributed by atoms with Crippen molar-refractivity contribution in [2.75, 3.05) is 11.4 Å². The Morgan fingerprint density at radius 1 is 1.10 bits per heavy atom. The average molecular weight is 284 g/mol. The average Bonchev–Trinajstić information content (AvgIpc) is 3.33. The van der Waals surface area contributed by atoms with Crippen LogP contribution in [0.1, 0.15) is 25.3 Å². The van der Waals surface area contributed by atoms with E-state index in [1.807, 2.05) is 24.3 Å². The molecule has 0 aliphatic heterocycles. The minimum atomic E-state index is -0.130. The largest absolute Gasteiger partial charge is 0.341 e. The van der Waals surface area contributed by atoms with Crippen LogP contribution in [0.4, 0.5) is 15.8 Å². The Morgan fingerprint density at radius 3 is 2.52 bits per heavy atom. The van der Waals surface area contributed by atoms with Crippen LogP contribution in [0, 0.1) is 5.82 Å². The fraction of sp³-hybridized carbons (Fsp3) is 0.333. The van der Waals surface area contributed by atoms with Crippen molar-refractivity contribution in [1.29, 1.82) is 0 Å². The third-order valence-electron chi connectivity index (χ3n) is 3.91. The number of hydrogen-bond acceptors (Lipinski definition) is 2. The van der Waals surface area contributed by atoms with Crippen LogP contribution in [0.15, 0.2) is 48.5 Å². The van der Waals surface area contributed by atoms with Gasteiger partial charge in [0.25, 0.3) is 0 Å². The molecule has 2 nitrogen and oxygen atoms in total. The quantitative estimate of drug-likeness (QED) is 0.853. The van der Waals surface area contributed by atoms with Crippen molar-refractivity contribution >= 4 is 11.4 Å². The molecule has 1 N–H and O–H groups in total. The molecule has 1 fully saturated rings.